The van der Waals surface area contributed by atoms with Gasteiger partial charge < -0.3 is 4.74 Å². The van der Waals surface area contributed by atoms with Gasteiger partial charge in [0.2, 0.25) is 0 Å². The molecule has 28 heavy (non-hydrogen) atoms. The Bertz CT molecular complexity index is 895. The van der Waals surface area contributed by atoms with Crippen molar-refractivity contribution in [1.82, 2.24) is 0 Å². The second-order valence-electron chi connectivity index (χ2n) is 7.13. The first kappa shape index (κ1) is 19.9. The lowest BCUT2D eigenvalue weighted by atomic mass is 9.92. The van der Waals surface area contributed by atoms with Crippen LogP contribution in [0.4, 0.5) is 0 Å². The maximum atomic E-state index is 12.0. The Morgan fingerprint density at radius 3 is 2.18 bits per heavy atom. The van der Waals surface area contributed by atoms with Crippen molar-refractivity contribution in [3.63, 3.8) is 0 Å². The Kier molecular flexibility index (Phi) is 7.02. The third kappa shape index (κ3) is 4.89. The smallest absolute Gasteiger partial charge is 0.337 e. The Balaban J connectivity index is 1.91. The number of aryl methyl sites for hydroxylation is 1. The molecule has 0 spiro atoms. The van der Waals surface area contributed by atoms with Gasteiger partial charge in [0.1, 0.15) is 0 Å². The van der Waals surface area contributed by atoms with E-state index in [9.17, 15) is 4.79 Å². The quantitative estimate of drug-likeness (QED) is 0.316. The average Bonchev–Trinajstić information content (AvgIpc) is 2.77. The van der Waals surface area contributed by atoms with E-state index < -0.39 is 0 Å². The van der Waals surface area contributed by atoms with Crippen LogP contribution in [-0.2, 0) is 11.2 Å². The number of esters is 1. The monoisotopic (exact) mass is 372 g/mol. The van der Waals surface area contributed by atoms with Crippen LogP contribution in [0.3, 0.4) is 0 Å². The zero-order valence-corrected chi connectivity index (χ0v) is 16.8. The topological polar surface area (TPSA) is 26.3 Å². The van der Waals surface area contributed by atoms with E-state index in [1.165, 1.54) is 38.4 Å². The summed E-state index contributed by atoms with van der Waals surface area (Å²) in [5.41, 5.74) is 6.36. The second kappa shape index (κ2) is 9.89. The van der Waals surface area contributed by atoms with Gasteiger partial charge in [-0.15, -0.1) is 0 Å². The van der Waals surface area contributed by atoms with Crippen LogP contribution in [0, 0.1) is 0 Å². The zero-order valence-electron chi connectivity index (χ0n) is 16.8. The largest absolute Gasteiger partial charge is 0.465 e. The molecule has 0 aliphatic heterocycles. The zero-order chi connectivity index (χ0) is 19.8. The van der Waals surface area contributed by atoms with Crippen molar-refractivity contribution in [2.45, 2.75) is 39.0 Å². The molecule has 0 saturated carbocycles. The first-order chi connectivity index (χ1) is 13.7. The van der Waals surface area contributed by atoms with E-state index in [1.54, 1.807) is 0 Å². The lowest BCUT2D eigenvalue weighted by Crippen LogP contribution is -2.01. The highest BCUT2D eigenvalue weighted by atomic mass is 16.5. The van der Waals surface area contributed by atoms with Gasteiger partial charge in [-0.25, -0.2) is 4.79 Å². The third-order valence-electron chi connectivity index (χ3n) is 5.11. The molecular weight excluding hydrogens is 344 g/mol. The summed E-state index contributed by atoms with van der Waals surface area (Å²) in [5, 5.41) is 0. The van der Waals surface area contributed by atoms with Crippen molar-refractivity contribution in [1.29, 1.82) is 0 Å². The van der Waals surface area contributed by atoms with Gasteiger partial charge in [0.25, 0.3) is 0 Å². The molecule has 0 radical (unpaired) electrons. The highest BCUT2D eigenvalue weighted by molar-refractivity contribution is 5.94. The fourth-order valence-corrected chi connectivity index (χ4v) is 3.50. The first-order valence-corrected chi connectivity index (χ1v) is 10.1. The van der Waals surface area contributed by atoms with Gasteiger partial charge >= 0.3 is 5.97 Å². The second-order valence-corrected chi connectivity index (χ2v) is 7.13. The van der Waals surface area contributed by atoms with Crippen LogP contribution in [0.25, 0.3) is 22.3 Å². The van der Waals surface area contributed by atoms with Crippen LogP contribution in [0.15, 0.2) is 72.8 Å². The highest BCUT2D eigenvalue weighted by Crippen LogP contribution is 2.33. The number of ether oxygens (including phenoxy) is 1. The van der Waals surface area contributed by atoms with E-state index >= 15 is 0 Å². The molecule has 0 unspecified atom stereocenters. The Hall–Kier alpha value is -2.87. The molecule has 0 amide bonds. The minimum absolute atomic E-state index is 0.314. The van der Waals surface area contributed by atoms with E-state index in [1.807, 2.05) is 36.4 Å². The number of rotatable bonds is 8. The predicted octanol–water partition coefficient (Wildman–Crippen LogP) is 6.93. The molecule has 0 fully saturated rings. The third-order valence-corrected chi connectivity index (χ3v) is 5.11. The van der Waals surface area contributed by atoms with Crippen molar-refractivity contribution in [3.05, 3.63) is 83.9 Å². The van der Waals surface area contributed by atoms with Crippen LogP contribution >= 0.6 is 0 Å². The molecule has 0 aromatic heterocycles. The number of carbonyl (C=O) groups excluding carboxylic acids is 1. The van der Waals surface area contributed by atoms with Gasteiger partial charge in [0.15, 0.2) is 0 Å². The molecule has 2 heteroatoms. The summed E-state index contributed by atoms with van der Waals surface area (Å²) in [5.74, 6) is -0.314. The minimum atomic E-state index is -0.314. The predicted molar refractivity (Wildman–Crippen MR) is 116 cm³/mol. The standard InChI is InChI=1S/C26H28O2/c1-3-4-5-7-10-20-13-15-22(16-14-20)24-18-17-23(26(27)28-2)19-25(24)21-11-8-6-9-12-21/h6,8-9,11-19H,3-5,7,10H2,1-2H3. The van der Waals surface area contributed by atoms with Crippen LogP contribution < -0.4 is 0 Å². The van der Waals surface area contributed by atoms with Crippen LogP contribution in [0.2, 0.25) is 0 Å². The molecule has 2 nitrogen and oxygen atoms in total. The molecule has 0 N–H and O–H groups in total. The van der Waals surface area contributed by atoms with Crippen molar-refractivity contribution >= 4 is 5.97 Å². The van der Waals surface area contributed by atoms with Gasteiger partial charge in [-0.2, -0.15) is 0 Å². The lowest BCUT2D eigenvalue weighted by molar-refractivity contribution is 0.0601. The maximum absolute atomic E-state index is 12.0. The van der Waals surface area contributed by atoms with Crippen molar-refractivity contribution in [3.8, 4) is 22.3 Å². The van der Waals surface area contributed by atoms with Crippen LogP contribution in [0.5, 0.6) is 0 Å². The molecule has 144 valence electrons. The molecular formula is C26H28O2. The summed E-state index contributed by atoms with van der Waals surface area (Å²) in [6.07, 6.45) is 6.25. The lowest BCUT2D eigenvalue weighted by Gasteiger charge is -2.13. The SMILES string of the molecule is CCCCCCc1ccc(-c2ccc(C(=O)OC)cc2-c2ccccc2)cc1. The molecule has 0 saturated heterocycles. The van der Waals surface area contributed by atoms with E-state index in [-0.39, 0.29) is 5.97 Å². The number of hydrogen-bond acceptors (Lipinski definition) is 2. The summed E-state index contributed by atoms with van der Waals surface area (Å²) in [7, 11) is 1.41. The highest BCUT2D eigenvalue weighted by Gasteiger charge is 2.12. The van der Waals surface area contributed by atoms with E-state index in [2.05, 4.69) is 43.3 Å². The molecule has 0 atom stereocenters. The summed E-state index contributed by atoms with van der Waals surface area (Å²) >= 11 is 0. The average molecular weight is 373 g/mol. The summed E-state index contributed by atoms with van der Waals surface area (Å²) in [6.45, 7) is 2.24. The normalized spacial score (nSPS) is 10.6. The van der Waals surface area contributed by atoms with Crippen molar-refractivity contribution < 1.29 is 9.53 Å². The first-order valence-electron chi connectivity index (χ1n) is 10.1. The van der Waals surface area contributed by atoms with E-state index in [0.29, 0.717) is 5.56 Å². The maximum Gasteiger partial charge on any atom is 0.337 e. The number of methoxy groups -OCH3 is 1. The molecule has 0 heterocycles. The van der Waals surface area contributed by atoms with Crippen molar-refractivity contribution in [2.75, 3.05) is 7.11 Å². The molecule has 3 aromatic carbocycles. The summed E-state index contributed by atoms with van der Waals surface area (Å²) in [4.78, 5) is 12.0. The molecule has 3 rings (SSSR count). The minimum Gasteiger partial charge on any atom is -0.465 e. The number of unbranched alkanes of at least 4 members (excludes halogenated alkanes) is 3. The van der Waals surface area contributed by atoms with Gasteiger partial charge in [-0.3, -0.25) is 0 Å². The molecule has 0 bridgehead atoms. The fourth-order valence-electron chi connectivity index (χ4n) is 3.50. The summed E-state index contributed by atoms with van der Waals surface area (Å²) < 4.78 is 4.90. The molecule has 0 aliphatic rings. The Morgan fingerprint density at radius 2 is 1.50 bits per heavy atom. The van der Waals surface area contributed by atoms with Gasteiger partial charge in [-0.05, 0) is 52.8 Å². The number of carbonyl (C=O) groups is 1. The van der Waals surface area contributed by atoms with Gasteiger partial charge in [0, 0.05) is 0 Å². The Labute approximate surface area is 168 Å². The summed E-state index contributed by atoms with van der Waals surface area (Å²) in [6, 6.07) is 24.8. The number of hydrogen-bond donors (Lipinski definition) is 0. The molecule has 3 aromatic rings. The van der Waals surface area contributed by atoms with Gasteiger partial charge in [-0.1, -0.05) is 86.8 Å². The van der Waals surface area contributed by atoms with E-state index in [0.717, 1.165) is 28.7 Å². The van der Waals surface area contributed by atoms with Crippen molar-refractivity contribution in [2.24, 2.45) is 0 Å². The molecule has 0 aliphatic carbocycles. The van der Waals surface area contributed by atoms with Gasteiger partial charge in [0.05, 0.1) is 12.7 Å². The number of benzene rings is 3. The fraction of sp³-hybridized carbons (Fsp3) is 0.269. The van der Waals surface area contributed by atoms with E-state index in [4.69, 9.17) is 4.74 Å². The Morgan fingerprint density at radius 1 is 0.786 bits per heavy atom. The van der Waals surface area contributed by atoms with Crippen LogP contribution in [0.1, 0.15) is 48.5 Å². The van der Waals surface area contributed by atoms with Crippen LogP contribution in [-0.4, -0.2) is 13.1 Å².